The van der Waals surface area contributed by atoms with Gasteiger partial charge >= 0.3 is 12.1 Å². The first-order chi connectivity index (χ1) is 19.2. The van der Waals surface area contributed by atoms with E-state index in [2.05, 4.69) is 21.8 Å². The Kier molecular flexibility index (Phi) is 9.38. The predicted molar refractivity (Wildman–Crippen MR) is 145 cm³/mol. The fourth-order valence-corrected chi connectivity index (χ4v) is 4.68. The molecule has 1 aliphatic rings. The molecular formula is C30H28BF3N3O3. The third-order valence-corrected chi connectivity index (χ3v) is 6.90. The van der Waals surface area contributed by atoms with E-state index in [0.29, 0.717) is 17.0 Å². The van der Waals surface area contributed by atoms with E-state index in [1.807, 2.05) is 36.0 Å². The average molecular weight is 546 g/mol. The molecule has 1 fully saturated rings. The van der Waals surface area contributed by atoms with Crippen LogP contribution in [0.2, 0.25) is 0 Å². The fraction of sp³-hybridized carbons (Fsp3) is 0.333. The molecule has 2 aromatic carbocycles. The number of aromatic nitrogens is 2. The summed E-state index contributed by atoms with van der Waals surface area (Å²) in [6.07, 6.45) is -1.01. The minimum Gasteiger partial charge on any atom is -0.469 e. The van der Waals surface area contributed by atoms with E-state index >= 15 is 0 Å². The van der Waals surface area contributed by atoms with Crippen LogP contribution in [0.5, 0.6) is 0 Å². The molecular weight excluding hydrogens is 518 g/mol. The monoisotopic (exact) mass is 546 g/mol. The summed E-state index contributed by atoms with van der Waals surface area (Å²) in [5.41, 5.74) is 2.47. The van der Waals surface area contributed by atoms with Crippen LogP contribution in [-0.2, 0) is 33.3 Å². The lowest BCUT2D eigenvalue weighted by Crippen LogP contribution is -2.36. The Morgan fingerprint density at radius 2 is 1.88 bits per heavy atom. The van der Waals surface area contributed by atoms with E-state index in [9.17, 15) is 22.8 Å². The van der Waals surface area contributed by atoms with Gasteiger partial charge in [-0.05, 0) is 73.0 Å². The summed E-state index contributed by atoms with van der Waals surface area (Å²) in [6.45, 7) is 3.47. The molecule has 0 N–H and O–H groups in total. The molecule has 0 atom stereocenters. The topological polar surface area (TPSA) is 72.4 Å². The standard InChI is InChI=1S/C30H28BF3N3O3/c1-20-3-6-25(17-29(39)40-2)24(15-20)9-10-27-26(30(32,33)34)18-35-28(36-27)16-21-4-7-22(8-5-21)23-11-13-37(14-12-23)31-19-38/h3-8,15,18-19,23H,11-14,16-17H2,1-2H3. The first kappa shape index (κ1) is 29.0. The summed E-state index contributed by atoms with van der Waals surface area (Å²) in [7, 11) is 2.84. The molecule has 4 rings (SSSR count). The van der Waals surface area contributed by atoms with Gasteiger partial charge in [-0.2, -0.15) is 13.2 Å². The smallest absolute Gasteiger partial charge is 0.420 e. The number of ether oxygens (including phenoxy) is 1. The van der Waals surface area contributed by atoms with Crippen LogP contribution in [-0.4, -0.2) is 54.5 Å². The van der Waals surface area contributed by atoms with Crippen molar-refractivity contribution >= 4 is 19.6 Å². The van der Waals surface area contributed by atoms with Crippen molar-refractivity contribution in [2.24, 2.45) is 0 Å². The molecule has 0 unspecified atom stereocenters. The molecule has 6 nitrogen and oxygen atoms in total. The van der Waals surface area contributed by atoms with Gasteiger partial charge < -0.3 is 14.3 Å². The lowest BCUT2D eigenvalue weighted by atomic mass is 9.84. The molecule has 0 aliphatic carbocycles. The number of alkyl halides is 3. The van der Waals surface area contributed by atoms with E-state index in [1.165, 1.54) is 12.7 Å². The second-order valence-electron chi connectivity index (χ2n) is 9.72. The van der Waals surface area contributed by atoms with Crippen molar-refractivity contribution in [3.8, 4) is 11.8 Å². The Bertz CT molecular complexity index is 1420. The number of rotatable bonds is 7. The van der Waals surface area contributed by atoms with Gasteiger partial charge in [-0.1, -0.05) is 42.3 Å². The number of hydrogen-bond donors (Lipinski definition) is 0. The fourth-order valence-electron chi connectivity index (χ4n) is 4.68. The lowest BCUT2D eigenvalue weighted by Gasteiger charge is -2.30. The SMILES string of the molecule is COC(=O)Cc1ccc(C)cc1C#Cc1nc(Cc2ccc(C3CCN([B]C=O)CC3)cc2)ncc1C(F)(F)F. The number of aryl methyl sites for hydroxylation is 1. The van der Waals surface area contributed by atoms with Gasteiger partial charge in [0, 0.05) is 18.2 Å². The first-order valence-electron chi connectivity index (χ1n) is 12.9. The normalized spacial score (nSPS) is 14.2. The van der Waals surface area contributed by atoms with Gasteiger partial charge in [0.25, 0.3) is 7.41 Å². The number of piperidine rings is 1. The number of hydrogen-bond acceptors (Lipinski definition) is 6. The Balaban J connectivity index is 1.56. The Morgan fingerprint density at radius 1 is 1.15 bits per heavy atom. The van der Waals surface area contributed by atoms with E-state index < -0.39 is 23.4 Å². The zero-order valence-electron chi connectivity index (χ0n) is 22.3. The number of nitrogens with zero attached hydrogens (tertiary/aromatic N) is 3. The predicted octanol–water partition coefficient (Wildman–Crippen LogP) is 4.50. The van der Waals surface area contributed by atoms with E-state index in [0.717, 1.165) is 49.4 Å². The van der Waals surface area contributed by atoms with Crippen molar-refractivity contribution in [2.75, 3.05) is 20.2 Å². The third-order valence-electron chi connectivity index (χ3n) is 6.90. The van der Waals surface area contributed by atoms with Gasteiger partial charge in [-0.25, -0.2) is 9.97 Å². The number of benzene rings is 2. The van der Waals surface area contributed by atoms with Gasteiger partial charge in [0.2, 0.25) is 0 Å². The zero-order valence-corrected chi connectivity index (χ0v) is 22.3. The third kappa shape index (κ3) is 7.57. The van der Waals surface area contributed by atoms with Gasteiger partial charge in [0.15, 0.2) is 0 Å². The van der Waals surface area contributed by atoms with Gasteiger partial charge in [0.1, 0.15) is 17.1 Å². The summed E-state index contributed by atoms with van der Waals surface area (Å²) >= 11 is 0. The van der Waals surface area contributed by atoms with Crippen LogP contribution in [0.4, 0.5) is 13.2 Å². The van der Waals surface area contributed by atoms with E-state index in [4.69, 9.17) is 4.74 Å². The molecule has 3 aromatic rings. The van der Waals surface area contributed by atoms with Gasteiger partial charge in [0.05, 0.1) is 19.7 Å². The molecule has 10 heteroatoms. The summed E-state index contributed by atoms with van der Waals surface area (Å²) in [6, 6.07) is 13.2. The van der Waals surface area contributed by atoms with Crippen LogP contribution in [0.15, 0.2) is 48.7 Å². The quantitative estimate of drug-likeness (QED) is 0.188. The summed E-state index contributed by atoms with van der Waals surface area (Å²) < 4.78 is 46.0. The van der Waals surface area contributed by atoms with Gasteiger partial charge in [-0.15, -0.1) is 0 Å². The number of esters is 1. The average Bonchev–Trinajstić information content (AvgIpc) is 2.93. The second-order valence-corrected chi connectivity index (χ2v) is 9.72. The zero-order chi connectivity index (χ0) is 28.7. The Hall–Kier alpha value is -3.97. The number of halogens is 3. The van der Waals surface area contributed by atoms with E-state index in [1.54, 1.807) is 25.6 Å². The second kappa shape index (κ2) is 12.9. The highest BCUT2D eigenvalue weighted by atomic mass is 19.4. The maximum absolute atomic E-state index is 13.8. The highest BCUT2D eigenvalue weighted by molar-refractivity contribution is 6.64. The molecule has 0 amide bonds. The highest BCUT2D eigenvalue weighted by Gasteiger charge is 2.34. The van der Waals surface area contributed by atoms with Crippen LogP contribution in [0.1, 0.15) is 63.7 Å². The summed E-state index contributed by atoms with van der Waals surface area (Å²) in [4.78, 5) is 32.7. The Labute approximate surface area is 232 Å². The number of methoxy groups -OCH3 is 1. The van der Waals surface area contributed by atoms with Crippen molar-refractivity contribution in [1.82, 2.24) is 14.8 Å². The number of carbonyl (C=O) groups is 2. The molecule has 205 valence electrons. The minimum atomic E-state index is -4.68. The van der Waals surface area contributed by atoms with Crippen LogP contribution in [0.3, 0.4) is 0 Å². The molecule has 0 saturated carbocycles. The molecule has 0 spiro atoms. The molecule has 1 radical (unpaired) electrons. The van der Waals surface area contributed by atoms with Crippen LogP contribution >= 0.6 is 0 Å². The molecule has 1 saturated heterocycles. The van der Waals surface area contributed by atoms with Crippen molar-refractivity contribution in [3.63, 3.8) is 0 Å². The van der Waals surface area contributed by atoms with Crippen LogP contribution in [0.25, 0.3) is 0 Å². The number of carbonyl (C=O) groups excluding carboxylic acids is 2. The largest absolute Gasteiger partial charge is 0.469 e. The maximum Gasteiger partial charge on any atom is 0.420 e. The Morgan fingerprint density at radius 3 is 2.52 bits per heavy atom. The summed E-state index contributed by atoms with van der Waals surface area (Å²) in [5, 5.41) is 0. The van der Waals surface area contributed by atoms with Crippen molar-refractivity contribution in [2.45, 2.75) is 44.7 Å². The maximum atomic E-state index is 13.8. The molecule has 0 bridgehead atoms. The molecule has 2 heterocycles. The lowest BCUT2D eigenvalue weighted by molar-refractivity contribution is -0.140. The first-order valence-corrected chi connectivity index (χ1v) is 12.9. The van der Waals surface area contributed by atoms with Crippen molar-refractivity contribution < 1.29 is 27.5 Å². The van der Waals surface area contributed by atoms with Crippen molar-refractivity contribution in [1.29, 1.82) is 0 Å². The molecule has 1 aliphatic heterocycles. The van der Waals surface area contributed by atoms with Crippen LogP contribution < -0.4 is 0 Å². The molecule has 1 aromatic heterocycles. The van der Waals surface area contributed by atoms with E-state index in [-0.39, 0.29) is 18.7 Å². The van der Waals surface area contributed by atoms with Crippen LogP contribution in [0, 0.1) is 18.8 Å². The highest BCUT2D eigenvalue weighted by Crippen LogP contribution is 2.31. The van der Waals surface area contributed by atoms with Gasteiger partial charge in [-0.3, -0.25) is 4.79 Å². The molecule has 40 heavy (non-hydrogen) atoms. The van der Waals surface area contributed by atoms with Crippen molar-refractivity contribution in [3.05, 3.63) is 93.6 Å². The minimum absolute atomic E-state index is 0.0474. The summed E-state index contributed by atoms with van der Waals surface area (Å²) in [5.74, 6) is 5.51.